The Hall–Kier alpha value is -3.02. The summed E-state index contributed by atoms with van der Waals surface area (Å²) in [5.74, 6) is 1.35. The van der Waals surface area contributed by atoms with Crippen LogP contribution in [0, 0.1) is 6.92 Å². The molecule has 1 saturated heterocycles. The van der Waals surface area contributed by atoms with Crippen LogP contribution in [0.25, 0.3) is 11.3 Å². The lowest BCUT2D eigenvalue weighted by Gasteiger charge is -2.40. The first kappa shape index (κ1) is 17.1. The number of nitrogens with zero attached hydrogens (tertiary/aromatic N) is 4. The van der Waals surface area contributed by atoms with Gasteiger partial charge in [0.2, 0.25) is 0 Å². The van der Waals surface area contributed by atoms with Crippen molar-refractivity contribution < 1.29 is 9.32 Å². The highest BCUT2D eigenvalue weighted by molar-refractivity contribution is 5.93. The quantitative estimate of drug-likeness (QED) is 0.686. The number of benzene rings is 1. The third-order valence-electron chi connectivity index (χ3n) is 6.01. The smallest absolute Gasteiger partial charge is 0.276 e. The highest BCUT2D eigenvalue weighted by atomic mass is 16.5. The largest absolute Gasteiger partial charge is 0.355 e. The van der Waals surface area contributed by atoms with Gasteiger partial charge in [-0.3, -0.25) is 4.79 Å². The maximum absolute atomic E-state index is 13.1. The summed E-state index contributed by atoms with van der Waals surface area (Å²) in [6.07, 6.45) is 6.00. The lowest BCUT2D eigenvalue weighted by molar-refractivity contribution is 0.0623. The van der Waals surface area contributed by atoms with Crippen LogP contribution in [-0.4, -0.2) is 39.0 Å². The molecule has 1 aliphatic heterocycles. The van der Waals surface area contributed by atoms with E-state index >= 15 is 0 Å². The van der Waals surface area contributed by atoms with Crippen molar-refractivity contribution in [3.63, 3.8) is 0 Å². The van der Waals surface area contributed by atoms with Gasteiger partial charge in [-0.05, 0) is 38.2 Å². The zero-order valence-electron chi connectivity index (χ0n) is 15.9. The third kappa shape index (κ3) is 2.80. The van der Waals surface area contributed by atoms with E-state index in [9.17, 15) is 4.79 Å². The molecule has 1 atom stereocenters. The summed E-state index contributed by atoms with van der Waals surface area (Å²) in [5, 5.41) is 4.05. The van der Waals surface area contributed by atoms with Gasteiger partial charge in [-0.25, -0.2) is 9.97 Å². The van der Waals surface area contributed by atoms with E-state index in [1.807, 2.05) is 48.4 Å². The number of carbonyl (C=O) groups excluding carboxylic acids is 1. The Morgan fingerprint density at radius 3 is 2.93 bits per heavy atom. The van der Waals surface area contributed by atoms with Gasteiger partial charge in [0.15, 0.2) is 11.5 Å². The fourth-order valence-electron chi connectivity index (χ4n) is 4.61. The van der Waals surface area contributed by atoms with E-state index in [0.717, 1.165) is 49.3 Å². The zero-order valence-corrected chi connectivity index (χ0v) is 15.9. The van der Waals surface area contributed by atoms with E-state index in [2.05, 4.69) is 10.1 Å². The first-order valence-corrected chi connectivity index (χ1v) is 9.79. The summed E-state index contributed by atoms with van der Waals surface area (Å²) in [5.41, 5.74) is 3.60. The molecular weight excluding hydrogens is 352 g/mol. The molecule has 0 radical (unpaired) electrons. The average Bonchev–Trinajstić information content (AvgIpc) is 3.35. The van der Waals surface area contributed by atoms with Crippen LogP contribution in [0.1, 0.15) is 46.8 Å². The van der Waals surface area contributed by atoms with Gasteiger partial charge in [0, 0.05) is 36.3 Å². The predicted octanol–water partition coefficient (Wildman–Crippen LogP) is 3.56. The second-order valence-corrected chi connectivity index (χ2v) is 7.84. The van der Waals surface area contributed by atoms with Crippen molar-refractivity contribution in [3.8, 4) is 11.3 Å². The van der Waals surface area contributed by atoms with Crippen LogP contribution in [0.2, 0.25) is 0 Å². The molecule has 0 bridgehead atoms. The molecule has 28 heavy (non-hydrogen) atoms. The molecule has 5 rings (SSSR count). The molecule has 1 amide bonds. The number of rotatable bonds is 2. The van der Waals surface area contributed by atoms with Crippen molar-refractivity contribution >= 4 is 5.91 Å². The topological polar surface area (TPSA) is 72.1 Å². The van der Waals surface area contributed by atoms with E-state index < -0.39 is 0 Å². The molecular formula is C22H22N4O2. The lowest BCUT2D eigenvalue weighted by Crippen LogP contribution is -2.48. The predicted molar refractivity (Wildman–Crippen MR) is 104 cm³/mol. The fraction of sp³-hybridized carbons (Fsp3) is 0.364. The second kappa shape index (κ2) is 6.55. The zero-order chi connectivity index (χ0) is 19.1. The van der Waals surface area contributed by atoms with E-state index in [0.29, 0.717) is 18.0 Å². The molecule has 2 aliphatic rings. The van der Waals surface area contributed by atoms with Crippen LogP contribution in [0.15, 0.2) is 47.1 Å². The van der Waals surface area contributed by atoms with Crippen molar-refractivity contribution in [1.82, 2.24) is 20.0 Å². The molecule has 1 unspecified atom stereocenters. The van der Waals surface area contributed by atoms with Crippen molar-refractivity contribution in [1.29, 1.82) is 0 Å². The van der Waals surface area contributed by atoms with E-state index in [1.54, 1.807) is 6.07 Å². The Balaban J connectivity index is 1.40. The number of aromatic nitrogens is 3. The maximum Gasteiger partial charge on any atom is 0.276 e. The minimum Gasteiger partial charge on any atom is -0.355 e. The molecule has 3 aromatic rings. The van der Waals surface area contributed by atoms with Gasteiger partial charge in [0.25, 0.3) is 5.91 Å². The first-order chi connectivity index (χ1) is 13.6. The minimum absolute atomic E-state index is 0.0526. The number of fused-ring (bicyclic) bond motifs is 2. The molecule has 142 valence electrons. The molecule has 1 fully saturated rings. The van der Waals surface area contributed by atoms with Crippen molar-refractivity contribution in [2.24, 2.45) is 0 Å². The Morgan fingerprint density at radius 2 is 2.07 bits per heavy atom. The van der Waals surface area contributed by atoms with Crippen LogP contribution < -0.4 is 0 Å². The SMILES string of the molecule is Cc1ncc2c(n1)C1(CCCN(C(=O)c3cc(-c4ccccc4)on3)C1)CC2. The molecule has 3 heterocycles. The van der Waals surface area contributed by atoms with Crippen LogP contribution >= 0.6 is 0 Å². The summed E-state index contributed by atoms with van der Waals surface area (Å²) < 4.78 is 5.43. The normalized spacial score (nSPS) is 21.1. The van der Waals surface area contributed by atoms with Crippen molar-refractivity contribution in [2.45, 2.75) is 38.0 Å². The van der Waals surface area contributed by atoms with Gasteiger partial charge in [-0.1, -0.05) is 35.5 Å². The van der Waals surface area contributed by atoms with Gasteiger partial charge >= 0.3 is 0 Å². The fourth-order valence-corrected chi connectivity index (χ4v) is 4.61. The van der Waals surface area contributed by atoms with Gasteiger partial charge in [-0.15, -0.1) is 0 Å². The first-order valence-electron chi connectivity index (χ1n) is 9.79. The Kier molecular flexibility index (Phi) is 4.00. The van der Waals surface area contributed by atoms with Crippen LogP contribution in [0.4, 0.5) is 0 Å². The summed E-state index contributed by atoms with van der Waals surface area (Å²) in [7, 11) is 0. The number of amides is 1. The highest BCUT2D eigenvalue weighted by Crippen LogP contribution is 2.44. The van der Waals surface area contributed by atoms with Gasteiger partial charge in [-0.2, -0.15) is 0 Å². The summed E-state index contributed by atoms with van der Waals surface area (Å²) in [4.78, 5) is 24.2. The molecule has 0 saturated carbocycles. The number of hydrogen-bond donors (Lipinski definition) is 0. The Bertz CT molecular complexity index is 1030. The van der Waals surface area contributed by atoms with Gasteiger partial charge in [0.1, 0.15) is 5.82 Å². The maximum atomic E-state index is 13.1. The Morgan fingerprint density at radius 1 is 1.21 bits per heavy atom. The van der Waals surface area contributed by atoms with Gasteiger partial charge < -0.3 is 9.42 Å². The van der Waals surface area contributed by atoms with E-state index in [1.165, 1.54) is 5.56 Å². The molecule has 2 aromatic heterocycles. The molecule has 0 N–H and O–H groups in total. The van der Waals surface area contributed by atoms with Crippen LogP contribution in [-0.2, 0) is 11.8 Å². The number of hydrogen-bond acceptors (Lipinski definition) is 5. The monoisotopic (exact) mass is 374 g/mol. The van der Waals surface area contributed by atoms with E-state index in [-0.39, 0.29) is 11.3 Å². The summed E-state index contributed by atoms with van der Waals surface area (Å²) in [6, 6.07) is 11.5. The van der Waals surface area contributed by atoms with Crippen molar-refractivity contribution in [2.75, 3.05) is 13.1 Å². The summed E-state index contributed by atoms with van der Waals surface area (Å²) in [6.45, 7) is 3.36. The van der Waals surface area contributed by atoms with Crippen LogP contribution in [0.5, 0.6) is 0 Å². The molecule has 1 spiro atoms. The van der Waals surface area contributed by atoms with Gasteiger partial charge in [0.05, 0.1) is 5.69 Å². The molecule has 6 heteroatoms. The van der Waals surface area contributed by atoms with E-state index in [4.69, 9.17) is 9.51 Å². The average molecular weight is 374 g/mol. The molecule has 6 nitrogen and oxygen atoms in total. The lowest BCUT2D eigenvalue weighted by atomic mass is 9.77. The number of piperidine rings is 1. The second-order valence-electron chi connectivity index (χ2n) is 7.84. The Labute approximate surface area is 163 Å². The minimum atomic E-state index is -0.0655. The third-order valence-corrected chi connectivity index (χ3v) is 6.01. The summed E-state index contributed by atoms with van der Waals surface area (Å²) >= 11 is 0. The standard InChI is InChI=1S/C22H22N4O2/c1-15-23-13-17-8-10-22(20(17)24-15)9-5-11-26(14-22)21(27)18-12-19(28-25-18)16-6-3-2-4-7-16/h2-4,6-7,12-13H,5,8-11,14H2,1H3. The highest BCUT2D eigenvalue weighted by Gasteiger charge is 2.45. The molecule has 1 aliphatic carbocycles. The number of likely N-dealkylation sites (tertiary alicyclic amines) is 1. The van der Waals surface area contributed by atoms with Crippen LogP contribution in [0.3, 0.4) is 0 Å². The number of carbonyl (C=O) groups is 1. The number of aryl methyl sites for hydroxylation is 2. The molecule has 1 aromatic carbocycles. The van der Waals surface area contributed by atoms with Crippen molar-refractivity contribution in [3.05, 3.63) is 65.4 Å².